The number of anilines is 4. The number of nitrogens with two attached hydrogens (primary N) is 1. The van der Waals surface area contributed by atoms with Gasteiger partial charge in [-0.05, 0) is 150 Å². The molecule has 26 heteroatoms. The van der Waals surface area contributed by atoms with Crippen LogP contribution in [-0.4, -0.2) is 179 Å². The summed E-state index contributed by atoms with van der Waals surface area (Å²) in [6, 6.07) is 83.7. The number of esters is 2. The first-order valence-corrected chi connectivity index (χ1v) is 46.6. The Hall–Kier alpha value is -10.4. The van der Waals surface area contributed by atoms with E-state index in [2.05, 4.69) is 249 Å². The second kappa shape index (κ2) is 47.6. The van der Waals surface area contributed by atoms with Gasteiger partial charge in [0.1, 0.15) is 0 Å². The van der Waals surface area contributed by atoms with Gasteiger partial charge in [-0.3, -0.25) is 34.5 Å². The zero-order chi connectivity index (χ0) is 89.0. The number of methoxy groups -OCH3 is 2. The molecule has 0 radical (unpaired) electrons. The van der Waals surface area contributed by atoms with Gasteiger partial charge in [0, 0.05) is 198 Å². The molecule has 0 aliphatic carbocycles. The van der Waals surface area contributed by atoms with Crippen LogP contribution < -0.4 is 26.7 Å². The maximum atomic E-state index is 12.4. The molecule has 5 N–H and O–H groups in total. The summed E-state index contributed by atoms with van der Waals surface area (Å²) in [6.07, 6.45) is 10.1. The molecule has 0 atom stereocenters. The van der Waals surface area contributed by atoms with Crippen LogP contribution in [0.5, 0.6) is 0 Å². The molecule has 3 aliphatic rings. The Bertz CT molecular complexity index is 6300. The first kappa shape index (κ1) is 94.3. The Labute approximate surface area is 795 Å². The van der Waals surface area contributed by atoms with E-state index >= 15 is 0 Å². The quantitative estimate of drug-likeness (QED) is 0.0357. The number of halogens is 7. The summed E-state index contributed by atoms with van der Waals surface area (Å²) in [5.41, 5.74) is 24.4. The molecule has 0 saturated carbocycles. The molecule has 0 spiro atoms. The minimum Gasteiger partial charge on any atom is -0.465 e. The van der Waals surface area contributed by atoms with E-state index in [0.717, 1.165) is 203 Å². The van der Waals surface area contributed by atoms with Crippen LogP contribution in [0.25, 0.3) is 88.1 Å². The Morgan fingerprint density at radius 1 is 0.472 bits per heavy atom. The Balaban J connectivity index is 0.000000134. The highest BCUT2D eigenvalue weighted by molar-refractivity contribution is 9.11. The molecular weight excluding hydrogens is 2010 g/mol. The topological polar surface area (TPSA) is 218 Å². The van der Waals surface area contributed by atoms with Crippen LogP contribution in [0.15, 0.2) is 316 Å². The fourth-order valence-electron chi connectivity index (χ4n) is 14.6. The van der Waals surface area contributed by atoms with Gasteiger partial charge < -0.3 is 50.1 Å². The number of hydrogen-bond acceptors (Lipinski definition) is 18. The van der Waals surface area contributed by atoms with Crippen molar-refractivity contribution >= 4 is 197 Å². The summed E-state index contributed by atoms with van der Waals surface area (Å²) in [6.45, 7) is 15.6. The van der Waals surface area contributed by atoms with E-state index in [1.54, 1.807) is 48.8 Å². The number of nitrogens with one attached hydrogen (secondary N) is 3. The van der Waals surface area contributed by atoms with Crippen LogP contribution in [0.1, 0.15) is 26.3 Å². The smallest absolute Gasteiger partial charge is 0.340 e. The van der Waals surface area contributed by atoms with E-state index in [1.165, 1.54) is 47.7 Å². The van der Waals surface area contributed by atoms with Gasteiger partial charge in [0.2, 0.25) is 0 Å². The van der Waals surface area contributed by atoms with Crippen LogP contribution in [0.2, 0.25) is 5.02 Å². The number of H-pyrrole nitrogens is 1. The monoisotopic (exact) mass is 2100 g/mol. The minimum atomic E-state index is -0.417. The number of aliphatic imine (C=N–C) groups is 1. The SMILES string of the molecule is Brc1ccc2c(NCCN3CCOCC3)c(-c3ccccc3)cnc2c1.CN1CCN(c2ccc3c(NCCN4CCOCC4)c(-c4ccccc4)cnc3c2)CC1.COC(=O)c1ccc(Br)cc1N.COC(=O)c1ccc(Br)cc1N=CCc1ccccc1.Clc1c(-c2ccc(Br)cc2)cnc2cc(Br)ccc12.O=c1c(-c2ccccc2)c[nH]c2cc(Br)ccc12. The molecule has 0 unspecified atom stereocenters. The lowest BCUT2D eigenvalue weighted by Gasteiger charge is -2.34. The number of aromatic nitrogens is 4. The third kappa shape index (κ3) is 26.4. The molecule has 3 aliphatic heterocycles. The largest absolute Gasteiger partial charge is 0.465 e. The third-order valence-electron chi connectivity index (χ3n) is 21.4. The molecule has 0 amide bonds. The minimum absolute atomic E-state index is 0.0578. The zero-order valence-electron chi connectivity index (χ0n) is 70.3. The Morgan fingerprint density at radius 3 is 1.43 bits per heavy atom. The van der Waals surface area contributed by atoms with Gasteiger partial charge in [0.25, 0.3) is 0 Å². The molecule has 4 aromatic heterocycles. The Morgan fingerprint density at radius 2 is 0.898 bits per heavy atom. The van der Waals surface area contributed by atoms with Crippen molar-refractivity contribution in [2.75, 3.05) is 147 Å². The normalized spacial score (nSPS) is 13.4. The molecule has 3 fully saturated rings. The lowest BCUT2D eigenvalue weighted by molar-refractivity contribution is 0.0398. The van der Waals surface area contributed by atoms with Crippen molar-refractivity contribution in [2.45, 2.75) is 6.42 Å². The second-order valence-electron chi connectivity index (χ2n) is 29.9. The zero-order valence-corrected chi connectivity index (χ0v) is 80.6. The number of nitrogens with zero attached hydrogens (tertiary/aromatic N) is 8. The van der Waals surface area contributed by atoms with Gasteiger partial charge in [-0.1, -0.05) is 247 Å². The molecule has 18 rings (SSSR count). The number of nitrogen functional groups attached to an aromatic ring is 1. The number of carbonyl (C=O) groups excluding carboxylic acids is 2. The summed E-state index contributed by atoms with van der Waals surface area (Å²) in [7, 11) is 4.88. The number of likely N-dealkylation sites (N-methyl/N-ethyl adjacent to an activating group) is 1. The van der Waals surface area contributed by atoms with E-state index in [9.17, 15) is 14.4 Å². The fraction of sp³-hybridized carbons (Fsp3) is 0.198. The number of carbonyl (C=O) groups is 2. The van der Waals surface area contributed by atoms with Gasteiger partial charge >= 0.3 is 11.9 Å². The molecule has 127 heavy (non-hydrogen) atoms. The van der Waals surface area contributed by atoms with E-state index in [1.807, 2.05) is 146 Å². The van der Waals surface area contributed by atoms with Crippen molar-refractivity contribution < 1.29 is 28.5 Å². The predicted molar refractivity (Wildman–Crippen MR) is 542 cm³/mol. The lowest BCUT2D eigenvalue weighted by atomic mass is 10.0. The fourth-order valence-corrected chi connectivity index (χ4v) is 16.9. The summed E-state index contributed by atoms with van der Waals surface area (Å²) in [4.78, 5) is 66.4. The number of ether oxygens (including phenoxy) is 4. The number of hydrogen-bond donors (Lipinski definition) is 4. The summed E-state index contributed by atoms with van der Waals surface area (Å²) < 4.78 is 26.0. The summed E-state index contributed by atoms with van der Waals surface area (Å²) in [5, 5.41) is 12.2. The Kier molecular flexibility index (Phi) is 35.3. The molecule has 0 bridgehead atoms. The standard InChI is InChI=1S/C26H33N5O.C21H22BrN3O.C16H14BrNO2.C15H8Br2ClN.C15H10BrNO.C8H8BrNO2/c1-29-11-13-31(14-12-29)22-7-8-23-25(19-22)28-20-24(21-5-3-2-4-6-21)26(23)27-9-10-30-15-17-32-18-16-30;22-17-6-7-18-20(14-17)24-15-19(16-4-2-1-3-5-16)21(18)23-8-9-25-10-12-26-13-11-25;1-20-16(19)14-8-7-13(17)11-15(14)18-10-9-12-5-3-2-4-6-12;16-10-3-1-9(2-4-10)13-8-19-14-7-11(17)5-6-12(14)15(13)18;16-11-6-7-12-14(8-11)17-9-13(15(12)18)10-4-2-1-3-5-10;1-12-8(11)6-3-2-5(9)4-7(6)10/h2-8,19-20H,9-18H2,1H3,(H,27,28);1-7,14-15H,8-13H2,(H,23,24);2-8,10-11H,9H2,1H3;1-8H;1-9H,(H,17,18);2-4H,10H2,1H3. The van der Waals surface area contributed by atoms with Crippen molar-refractivity contribution in [3.8, 4) is 44.5 Å². The first-order chi connectivity index (χ1) is 61.8. The predicted octanol–water partition coefficient (Wildman–Crippen LogP) is 23.8. The van der Waals surface area contributed by atoms with Crippen LogP contribution in [0.3, 0.4) is 0 Å². The molecule has 19 nitrogen and oxygen atoms in total. The third-order valence-corrected chi connectivity index (χ3v) is 24.8. The van der Waals surface area contributed by atoms with Gasteiger partial charge in [-0.15, -0.1) is 0 Å². The van der Waals surface area contributed by atoms with E-state index in [4.69, 9.17) is 36.5 Å². The van der Waals surface area contributed by atoms with Crippen molar-refractivity contribution in [1.29, 1.82) is 0 Å². The number of morpholine rings is 2. The number of pyridine rings is 4. The van der Waals surface area contributed by atoms with E-state index < -0.39 is 5.97 Å². The average Bonchev–Trinajstić information content (AvgIpc) is 0.777. The van der Waals surface area contributed by atoms with Crippen molar-refractivity contribution in [3.05, 3.63) is 338 Å². The van der Waals surface area contributed by atoms with Crippen LogP contribution >= 0.6 is 107 Å². The second-order valence-corrected chi connectivity index (χ2v) is 35.7. The summed E-state index contributed by atoms with van der Waals surface area (Å²) in [5.74, 6) is -0.802. The van der Waals surface area contributed by atoms with Gasteiger partial charge in [-0.25, -0.2) is 9.59 Å². The van der Waals surface area contributed by atoms with Gasteiger partial charge in [0.15, 0.2) is 5.43 Å². The maximum absolute atomic E-state index is 12.4. The average molecular weight is 2100 g/mol. The molecule has 3 saturated heterocycles. The van der Waals surface area contributed by atoms with Crippen molar-refractivity contribution in [1.82, 2.24) is 34.6 Å². The van der Waals surface area contributed by atoms with Crippen LogP contribution in [-0.2, 0) is 25.4 Å². The summed E-state index contributed by atoms with van der Waals surface area (Å²) >= 11 is 26.9. The number of benzene rings is 11. The van der Waals surface area contributed by atoms with Crippen molar-refractivity contribution in [2.24, 2.45) is 4.99 Å². The highest BCUT2D eigenvalue weighted by Gasteiger charge is 2.21. The molecule has 650 valence electrons. The van der Waals surface area contributed by atoms with Gasteiger partial charge in [0.05, 0.1) is 95.9 Å². The maximum Gasteiger partial charge on any atom is 0.340 e. The highest BCUT2D eigenvalue weighted by atomic mass is 79.9. The molecule has 11 aromatic carbocycles. The number of aromatic amines is 1. The van der Waals surface area contributed by atoms with E-state index in [-0.39, 0.29) is 11.4 Å². The number of rotatable bonds is 18. The molecular formula is C101H95Br6ClN12O7. The molecule has 7 heterocycles. The highest BCUT2D eigenvalue weighted by Crippen LogP contribution is 2.39. The van der Waals surface area contributed by atoms with Gasteiger partial charge in [-0.2, -0.15) is 0 Å². The van der Waals surface area contributed by atoms with Crippen molar-refractivity contribution in [3.63, 3.8) is 0 Å². The van der Waals surface area contributed by atoms with Crippen LogP contribution in [0.4, 0.5) is 28.4 Å². The van der Waals surface area contributed by atoms with E-state index in [0.29, 0.717) is 39.9 Å². The lowest BCUT2D eigenvalue weighted by Crippen LogP contribution is -2.44. The first-order valence-electron chi connectivity index (χ1n) is 41.4. The molecule has 15 aromatic rings. The van der Waals surface area contributed by atoms with Crippen LogP contribution in [0, 0.1) is 0 Å². The number of piperazine rings is 1. The number of fused-ring (bicyclic) bond motifs is 4.